The molecular formula is C15H28N2O2. The zero-order valence-corrected chi connectivity index (χ0v) is 12.3. The number of ether oxygens (including phenoxy) is 1. The molecule has 1 atom stereocenters. The van der Waals surface area contributed by atoms with E-state index in [1.807, 2.05) is 0 Å². The van der Waals surface area contributed by atoms with E-state index in [2.05, 4.69) is 19.2 Å². The Bertz CT molecular complexity index is 322. The first-order valence-electron chi connectivity index (χ1n) is 7.61. The molecule has 1 heterocycles. The molecule has 0 aromatic heterocycles. The Morgan fingerprint density at radius 1 is 1.32 bits per heavy atom. The van der Waals surface area contributed by atoms with Crippen molar-refractivity contribution in [3.05, 3.63) is 0 Å². The predicted molar refractivity (Wildman–Crippen MR) is 75.8 cm³/mol. The molecule has 1 aliphatic heterocycles. The van der Waals surface area contributed by atoms with Crippen molar-refractivity contribution in [2.75, 3.05) is 6.61 Å². The summed E-state index contributed by atoms with van der Waals surface area (Å²) in [5, 5.41) is 3.15. The lowest BCUT2D eigenvalue weighted by molar-refractivity contribution is -0.125. The van der Waals surface area contributed by atoms with E-state index >= 15 is 0 Å². The molecule has 3 N–H and O–H groups in total. The van der Waals surface area contributed by atoms with E-state index in [-0.39, 0.29) is 23.1 Å². The van der Waals surface area contributed by atoms with Crippen molar-refractivity contribution in [1.29, 1.82) is 0 Å². The molecule has 1 unspecified atom stereocenters. The van der Waals surface area contributed by atoms with Crippen LogP contribution in [0.3, 0.4) is 0 Å². The van der Waals surface area contributed by atoms with Gasteiger partial charge in [-0.15, -0.1) is 0 Å². The monoisotopic (exact) mass is 268 g/mol. The maximum absolute atomic E-state index is 12.2. The smallest absolute Gasteiger partial charge is 0.222 e. The molecule has 110 valence electrons. The average Bonchev–Trinajstić information content (AvgIpc) is 2.27. The van der Waals surface area contributed by atoms with Crippen LogP contribution in [0.15, 0.2) is 0 Å². The summed E-state index contributed by atoms with van der Waals surface area (Å²) in [6.45, 7) is 4.89. The summed E-state index contributed by atoms with van der Waals surface area (Å²) in [5.41, 5.74) is 5.95. The molecule has 1 saturated heterocycles. The highest BCUT2D eigenvalue weighted by Crippen LogP contribution is 2.29. The van der Waals surface area contributed by atoms with E-state index in [0.29, 0.717) is 6.42 Å². The minimum absolute atomic E-state index is 0.118. The van der Waals surface area contributed by atoms with E-state index in [0.717, 1.165) is 45.1 Å². The first kappa shape index (κ1) is 14.8. The van der Waals surface area contributed by atoms with Crippen LogP contribution in [0.5, 0.6) is 0 Å². The number of nitrogens with one attached hydrogen (secondary N) is 1. The first-order chi connectivity index (χ1) is 8.89. The quantitative estimate of drug-likeness (QED) is 0.824. The third kappa shape index (κ3) is 4.46. The van der Waals surface area contributed by atoms with E-state index in [9.17, 15) is 4.79 Å². The highest BCUT2D eigenvalue weighted by molar-refractivity contribution is 5.77. The summed E-state index contributed by atoms with van der Waals surface area (Å²) < 4.78 is 5.67. The van der Waals surface area contributed by atoms with Gasteiger partial charge in [-0.3, -0.25) is 4.79 Å². The van der Waals surface area contributed by atoms with Crippen LogP contribution >= 0.6 is 0 Å². The molecule has 0 aromatic carbocycles. The highest BCUT2D eigenvalue weighted by Gasteiger charge is 2.33. The van der Waals surface area contributed by atoms with Crippen molar-refractivity contribution in [3.63, 3.8) is 0 Å². The molecule has 0 spiro atoms. The van der Waals surface area contributed by atoms with Crippen LogP contribution in [0.2, 0.25) is 0 Å². The number of nitrogens with two attached hydrogens (primary N) is 1. The summed E-state index contributed by atoms with van der Waals surface area (Å²) in [4.78, 5) is 12.2. The second-order valence-corrected chi connectivity index (χ2v) is 6.97. The van der Waals surface area contributed by atoms with Crippen molar-refractivity contribution in [1.82, 2.24) is 5.32 Å². The molecule has 1 aliphatic carbocycles. The van der Waals surface area contributed by atoms with Crippen molar-refractivity contribution in [3.8, 4) is 0 Å². The van der Waals surface area contributed by atoms with Gasteiger partial charge in [-0.25, -0.2) is 0 Å². The van der Waals surface area contributed by atoms with Gasteiger partial charge < -0.3 is 15.8 Å². The zero-order valence-electron chi connectivity index (χ0n) is 12.3. The fourth-order valence-corrected chi connectivity index (χ4v) is 3.39. The molecule has 2 fully saturated rings. The molecule has 4 nitrogen and oxygen atoms in total. The summed E-state index contributed by atoms with van der Waals surface area (Å²) in [5.74, 6) is 0.118. The number of carbonyl (C=O) groups is 1. The SMILES string of the molecule is CC1(C)CC(NC(=O)CC2(N)CCCCC2)CCO1. The zero-order chi connectivity index (χ0) is 13.9. The van der Waals surface area contributed by atoms with Crippen molar-refractivity contribution in [2.24, 2.45) is 5.73 Å². The third-order valence-electron chi connectivity index (χ3n) is 4.42. The van der Waals surface area contributed by atoms with E-state index in [1.54, 1.807) is 0 Å². The van der Waals surface area contributed by atoms with Gasteiger partial charge in [-0.2, -0.15) is 0 Å². The van der Waals surface area contributed by atoms with E-state index in [4.69, 9.17) is 10.5 Å². The van der Waals surface area contributed by atoms with Gasteiger partial charge in [0, 0.05) is 24.6 Å². The van der Waals surface area contributed by atoms with Gasteiger partial charge in [0.15, 0.2) is 0 Å². The minimum atomic E-state index is -0.261. The Balaban J connectivity index is 1.80. The van der Waals surface area contributed by atoms with Crippen molar-refractivity contribution >= 4 is 5.91 Å². The molecule has 2 rings (SSSR count). The van der Waals surface area contributed by atoms with E-state index < -0.39 is 0 Å². The molecule has 4 heteroatoms. The van der Waals surface area contributed by atoms with Crippen LogP contribution < -0.4 is 11.1 Å². The molecular weight excluding hydrogens is 240 g/mol. The average molecular weight is 268 g/mol. The van der Waals surface area contributed by atoms with Crippen LogP contribution in [-0.2, 0) is 9.53 Å². The second kappa shape index (κ2) is 5.80. The van der Waals surface area contributed by atoms with Crippen molar-refractivity contribution in [2.45, 2.75) is 82.4 Å². The predicted octanol–water partition coefficient (Wildman–Crippen LogP) is 2.11. The third-order valence-corrected chi connectivity index (χ3v) is 4.42. The van der Waals surface area contributed by atoms with Gasteiger partial charge in [-0.05, 0) is 39.5 Å². The van der Waals surface area contributed by atoms with Crippen molar-refractivity contribution < 1.29 is 9.53 Å². The molecule has 1 saturated carbocycles. The first-order valence-corrected chi connectivity index (χ1v) is 7.61. The Morgan fingerprint density at radius 3 is 2.63 bits per heavy atom. The lowest BCUT2D eigenvalue weighted by Gasteiger charge is -2.37. The molecule has 0 radical (unpaired) electrons. The molecule has 2 aliphatic rings. The fourth-order valence-electron chi connectivity index (χ4n) is 3.39. The summed E-state index contributed by atoms with van der Waals surface area (Å²) >= 11 is 0. The van der Waals surface area contributed by atoms with Gasteiger partial charge in [0.1, 0.15) is 0 Å². The van der Waals surface area contributed by atoms with Gasteiger partial charge in [-0.1, -0.05) is 19.3 Å². The van der Waals surface area contributed by atoms with Crippen LogP contribution in [-0.4, -0.2) is 29.7 Å². The fraction of sp³-hybridized carbons (Fsp3) is 0.933. The maximum atomic E-state index is 12.2. The number of hydrogen-bond acceptors (Lipinski definition) is 3. The Kier molecular flexibility index (Phi) is 4.51. The number of rotatable bonds is 3. The largest absolute Gasteiger partial charge is 0.375 e. The van der Waals surface area contributed by atoms with Crippen LogP contribution in [0.25, 0.3) is 0 Å². The molecule has 0 aromatic rings. The van der Waals surface area contributed by atoms with Gasteiger partial charge in [0.2, 0.25) is 5.91 Å². The summed E-state index contributed by atoms with van der Waals surface area (Å²) in [6.07, 6.45) is 7.82. The Morgan fingerprint density at radius 2 is 2.00 bits per heavy atom. The van der Waals surface area contributed by atoms with Gasteiger partial charge >= 0.3 is 0 Å². The maximum Gasteiger partial charge on any atom is 0.222 e. The van der Waals surface area contributed by atoms with Crippen LogP contribution in [0, 0.1) is 0 Å². The summed E-state index contributed by atoms with van der Waals surface area (Å²) in [6, 6.07) is 0.239. The normalized spacial score (nSPS) is 29.7. The standard InChI is InChI=1S/C15H28N2O2/c1-14(2)10-12(6-9-19-14)17-13(18)11-15(16)7-4-3-5-8-15/h12H,3-11,16H2,1-2H3,(H,17,18). The van der Waals surface area contributed by atoms with Crippen LogP contribution in [0.1, 0.15) is 65.2 Å². The number of hydrogen-bond donors (Lipinski definition) is 2. The lowest BCUT2D eigenvalue weighted by atomic mass is 9.80. The second-order valence-electron chi connectivity index (χ2n) is 6.97. The minimum Gasteiger partial charge on any atom is -0.375 e. The highest BCUT2D eigenvalue weighted by atomic mass is 16.5. The topological polar surface area (TPSA) is 64.4 Å². The van der Waals surface area contributed by atoms with E-state index in [1.165, 1.54) is 6.42 Å². The van der Waals surface area contributed by atoms with Gasteiger partial charge in [0.05, 0.1) is 5.60 Å². The summed E-state index contributed by atoms with van der Waals surface area (Å²) in [7, 11) is 0. The Labute approximate surface area is 116 Å². The van der Waals surface area contributed by atoms with Crippen LogP contribution in [0.4, 0.5) is 0 Å². The lowest BCUT2D eigenvalue weighted by Crippen LogP contribution is -2.50. The molecule has 1 amide bonds. The number of carbonyl (C=O) groups excluding carboxylic acids is 1. The number of amides is 1. The molecule has 0 bridgehead atoms. The van der Waals surface area contributed by atoms with Gasteiger partial charge in [0.25, 0.3) is 0 Å². The Hall–Kier alpha value is -0.610. The molecule has 19 heavy (non-hydrogen) atoms.